The molecule has 128 valence electrons. The minimum atomic E-state index is -0.690. The van der Waals surface area contributed by atoms with E-state index in [1.54, 1.807) is 4.57 Å². The van der Waals surface area contributed by atoms with Crippen molar-refractivity contribution in [1.82, 2.24) is 15.0 Å². The molecule has 0 saturated heterocycles. The first-order chi connectivity index (χ1) is 11.4. The first-order valence-corrected chi connectivity index (χ1v) is 7.16. The third kappa shape index (κ3) is 4.48. The molecule has 0 aliphatic rings. The van der Waals surface area contributed by atoms with E-state index in [-0.39, 0.29) is 19.1 Å². The number of carbonyl (C=O) groups is 3. The summed E-state index contributed by atoms with van der Waals surface area (Å²) < 4.78 is 11.7. The maximum atomic E-state index is 11.2. The standard InChI is InChI=1S/C14H17N5O5/c1-8(20)18-13-12-14(16-6-15-12)19(7-17-13)4-11(24-10(3)22)5-23-9(2)21/h6-7,11H,4-5H2,1-3H3,(H,15,16,18,20)/p+1/t11-/m0/s1. The second kappa shape index (κ2) is 7.49. The lowest BCUT2D eigenvalue weighted by Crippen LogP contribution is -2.44. The Morgan fingerprint density at radius 1 is 1.25 bits per heavy atom. The van der Waals surface area contributed by atoms with Crippen LogP contribution in [0.3, 0.4) is 0 Å². The fraction of sp³-hybridized carbons (Fsp3) is 0.429. The molecule has 1 atom stereocenters. The van der Waals surface area contributed by atoms with Gasteiger partial charge in [-0.05, 0) is 0 Å². The Kier molecular flexibility index (Phi) is 5.40. The van der Waals surface area contributed by atoms with Gasteiger partial charge in [0.15, 0.2) is 17.9 Å². The number of aromatic nitrogens is 4. The average Bonchev–Trinajstić information content (AvgIpc) is 2.96. The lowest BCUT2D eigenvalue weighted by molar-refractivity contribution is -0.682. The van der Waals surface area contributed by atoms with Crippen molar-refractivity contribution in [2.45, 2.75) is 33.4 Å². The third-order valence-electron chi connectivity index (χ3n) is 2.95. The molecule has 10 nitrogen and oxygen atoms in total. The molecular weight excluding hydrogens is 318 g/mol. The quantitative estimate of drug-likeness (QED) is 0.547. The van der Waals surface area contributed by atoms with Crippen LogP contribution in [0.2, 0.25) is 0 Å². The number of esters is 2. The molecule has 0 bridgehead atoms. The first kappa shape index (κ1) is 17.3. The van der Waals surface area contributed by atoms with E-state index < -0.39 is 18.0 Å². The van der Waals surface area contributed by atoms with Crippen LogP contribution in [0.5, 0.6) is 0 Å². The van der Waals surface area contributed by atoms with Crippen LogP contribution in [0.15, 0.2) is 12.7 Å². The minimum Gasteiger partial charge on any atom is -0.462 e. The fourth-order valence-electron chi connectivity index (χ4n) is 2.11. The van der Waals surface area contributed by atoms with Gasteiger partial charge in [-0.3, -0.25) is 19.7 Å². The topological polar surface area (TPSA) is 127 Å². The van der Waals surface area contributed by atoms with E-state index in [0.29, 0.717) is 17.0 Å². The van der Waals surface area contributed by atoms with E-state index in [1.807, 2.05) is 0 Å². The van der Waals surface area contributed by atoms with Crippen LogP contribution in [-0.2, 0) is 30.4 Å². The van der Waals surface area contributed by atoms with E-state index in [1.165, 1.54) is 33.4 Å². The molecule has 0 spiro atoms. The zero-order valence-electron chi connectivity index (χ0n) is 13.5. The van der Waals surface area contributed by atoms with Gasteiger partial charge < -0.3 is 14.5 Å². The van der Waals surface area contributed by atoms with E-state index >= 15 is 0 Å². The SMILES string of the molecule is CC(=O)Nc1nc[n+](C[C@@H](COC(C)=O)OC(C)=O)c2nc[nH]c12. The Hall–Kier alpha value is -3.04. The molecule has 2 heterocycles. The highest BCUT2D eigenvalue weighted by Gasteiger charge is 2.22. The summed E-state index contributed by atoms with van der Waals surface area (Å²) >= 11 is 0. The number of imidazole rings is 1. The highest BCUT2D eigenvalue weighted by Crippen LogP contribution is 2.13. The number of anilines is 1. The van der Waals surface area contributed by atoms with Gasteiger partial charge in [-0.25, -0.2) is 4.57 Å². The zero-order valence-corrected chi connectivity index (χ0v) is 13.5. The molecule has 10 heteroatoms. The van der Waals surface area contributed by atoms with Crippen LogP contribution >= 0.6 is 0 Å². The van der Waals surface area contributed by atoms with Crippen molar-refractivity contribution in [2.75, 3.05) is 11.9 Å². The van der Waals surface area contributed by atoms with Gasteiger partial charge >= 0.3 is 11.9 Å². The molecule has 2 aromatic rings. The number of H-pyrrole nitrogens is 1. The number of aromatic amines is 1. The molecule has 0 radical (unpaired) electrons. The number of nitrogens with one attached hydrogen (secondary N) is 2. The minimum absolute atomic E-state index is 0.0821. The lowest BCUT2D eigenvalue weighted by atomic mass is 10.3. The number of ether oxygens (including phenoxy) is 2. The molecule has 2 N–H and O–H groups in total. The van der Waals surface area contributed by atoms with Crippen LogP contribution in [0.25, 0.3) is 11.2 Å². The number of carbonyl (C=O) groups excluding carboxylic acids is 3. The van der Waals surface area contributed by atoms with E-state index in [9.17, 15) is 14.4 Å². The van der Waals surface area contributed by atoms with E-state index in [4.69, 9.17) is 9.47 Å². The molecule has 24 heavy (non-hydrogen) atoms. The van der Waals surface area contributed by atoms with Gasteiger partial charge in [-0.15, -0.1) is 0 Å². The number of rotatable bonds is 6. The van der Waals surface area contributed by atoms with Crippen molar-refractivity contribution < 1.29 is 28.4 Å². The summed E-state index contributed by atoms with van der Waals surface area (Å²) in [6.07, 6.45) is 2.23. The van der Waals surface area contributed by atoms with Crippen LogP contribution < -0.4 is 9.88 Å². The lowest BCUT2D eigenvalue weighted by Gasteiger charge is -2.16. The van der Waals surface area contributed by atoms with Crippen LogP contribution in [0.1, 0.15) is 20.8 Å². The van der Waals surface area contributed by atoms with Gasteiger partial charge in [0.2, 0.25) is 18.1 Å². The van der Waals surface area contributed by atoms with Gasteiger partial charge in [0.25, 0.3) is 5.65 Å². The summed E-state index contributed by atoms with van der Waals surface area (Å²) in [5.41, 5.74) is 1.04. The smallest absolute Gasteiger partial charge is 0.303 e. The second-order valence-corrected chi connectivity index (χ2v) is 5.06. The summed E-state index contributed by atoms with van der Waals surface area (Å²) in [5, 5.41) is 2.60. The van der Waals surface area contributed by atoms with Crippen molar-refractivity contribution in [3.63, 3.8) is 0 Å². The maximum Gasteiger partial charge on any atom is 0.303 e. The third-order valence-corrected chi connectivity index (χ3v) is 2.95. The molecule has 1 amide bonds. The Bertz CT molecular complexity index is 772. The summed E-state index contributed by atoms with van der Waals surface area (Å²) in [5.74, 6) is -0.880. The molecule has 2 aromatic heterocycles. The van der Waals surface area contributed by atoms with Gasteiger partial charge in [0.1, 0.15) is 13.2 Å². The van der Waals surface area contributed by atoms with Gasteiger partial charge in [-0.2, -0.15) is 0 Å². The number of fused-ring (bicyclic) bond motifs is 1. The van der Waals surface area contributed by atoms with Gasteiger partial charge in [0.05, 0.1) is 0 Å². The number of nitrogens with zero attached hydrogens (tertiary/aromatic N) is 3. The van der Waals surface area contributed by atoms with Crippen LogP contribution in [0.4, 0.5) is 5.82 Å². The molecular formula is C14H18N5O5+. The predicted molar refractivity (Wildman–Crippen MR) is 80.6 cm³/mol. The van der Waals surface area contributed by atoms with Crippen molar-refractivity contribution in [3.8, 4) is 0 Å². The molecule has 0 saturated carbocycles. The molecule has 0 aliphatic heterocycles. The summed E-state index contributed by atoms with van der Waals surface area (Å²) in [4.78, 5) is 44.6. The maximum absolute atomic E-state index is 11.2. The summed E-state index contributed by atoms with van der Waals surface area (Å²) in [6, 6.07) is 0. The average molecular weight is 336 g/mol. The van der Waals surface area contributed by atoms with Crippen molar-refractivity contribution >= 4 is 34.8 Å². The van der Waals surface area contributed by atoms with Crippen molar-refractivity contribution in [2.24, 2.45) is 0 Å². The van der Waals surface area contributed by atoms with E-state index in [0.717, 1.165) is 0 Å². The number of hydrogen-bond donors (Lipinski definition) is 2. The molecule has 0 aliphatic carbocycles. The molecule has 0 fully saturated rings. The normalized spacial score (nSPS) is 11.8. The van der Waals surface area contributed by atoms with E-state index in [2.05, 4.69) is 20.3 Å². The first-order valence-electron chi connectivity index (χ1n) is 7.16. The van der Waals surface area contributed by atoms with Crippen molar-refractivity contribution in [1.29, 1.82) is 0 Å². The predicted octanol–water partition coefficient (Wildman–Crippen LogP) is -0.301. The largest absolute Gasteiger partial charge is 0.462 e. The summed E-state index contributed by atoms with van der Waals surface area (Å²) in [6.45, 7) is 4.02. The Morgan fingerprint density at radius 2 is 2.00 bits per heavy atom. The fourth-order valence-corrected chi connectivity index (χ4v) is 2.11. The highest BCUT2D eigenvalue weighted by atomic mass is 16.6. The molecule has 0 aromatic carbocycles. The highest BCUT2D eigenvalue weighted by molar-refractivity contribution is 5.94. The number of hydrogen-bond acceptors (Lipinski definition) is 7. The Morgan fingerprint density at radius 3 is 2.62 bits per heavy atom. The monoisotopic (exact) mass is 336 g/mol. The number of amides is 1. The van der Waals surface area contributed by atoms with Gasteiger partial charge in [0, 0.05) is 20.8 Å². The van der Waals surface area contributed by atoms with Crippen LogP contribution in [0, 0.1) is 0 Å². The zero-order chi connectivity index (χ0) is 17.7. The van der Waals surface area contributed by atoms with Crippen LogP contribution in [-0.4, -0.2) is 45.5 Å². The molecule has 0 unspecified atom stereocenters. The Labute approximate surface area is 137 Å². The second-order valence-electron chi connectivity index (χ2n) is 5.06. The Balaban J connectivity index is 2.26. The molecule has 2 rings (SSSR count). The summed E-state index contributed by atoms with van der Waals surface area (Å²) in [7, 11) is 0. The van der Waals surface area contributed by atoms with Gasteiger partial charge in [-0.1, -0.05) is 9.97 Å². The van der Waals surface area contributed by atoms with Crippen molar-refractivity contribution in [3.05, 3.63) is 12.7 Å².